The molecule has 2 rings (SSSR count). The van der Waals surface area contributed by atoms with Crippen molar-refractivity contribution in [2.45, 2.75) is 12.5 Å². The second-order valence-electron chi connectivity index (χ2n) is 4.02. The number of anilines is 1. The molecule has 0 saturated carbocycles. The molecule has 1 saturated heterocycles. The van der Waals surface area contributed by atoms with E-state index >= 15 is 0 Å². The van der Waals surface area contributed by atoms with Crippen molar-refractivity contribution in [1.29, 1.82) is 0 Å². The smallest absolute Gasteiger partial charge is 0.250 e. The van der Waals surface area contributed by atoms with Gasteiger partial charge in [0.05, 0.1) is 5.56 Å². The maximum absolute atomic E-state index is 11.4. The number of rotatable bonds is 2. The third kappa shape index (κ3) is 2.20. The number of primary amides is 1. The molecule has 1 aromatic carbocycles. The van der Waals surface area contributed by atoms with Crippen molar-refractivity contribution in [3.63, 3.8) is 0 Å². The molecule has 0 unspecified atom stereocenters. The number of benzene rings is 1. The van der Waals surface area contributed by atoms with Gasteiger partial charge in [0.2, 0.25) is 0 Å². The third-order valence-corrected chi connectivity index (χ3v) is 3.28. The van der Waals surface area contributed by atoms with Crippen molar-refractivity contribution in [1.82, 2.24) is 0 Å². The Hall–Kier alpha value is -1.07. The fourth-order valence-corrected chi connectivity index (χ4v) is 2.35. The highest BCUT2D eigenvalue weighted by Gasteiger charge is 2.22. The summed E-state index contributed by atoms with van der Waals surface area (Å²) < 4.78 is 0.855. The van der Waals surface area contributed by atoms with Gasteiger partial charge in [-0.05, 0) is 24.6 Å². The van der Waals surface area contributed by atoms with Gasteiger partial charge in [-0.15, -0.1) is 0 Å². The van der Waals surface area contributed by atoms with Gasteiger partial charge in [0.25, 0.3) is 5.91 Å². The third-order valence-electron chi connectivity index (χ3n) is 2.79. The highest BCUT2D eigenvalue weighted by molar-refractivity contribution is 9.10. The lowest BCUT2D eigenvalue weighted by atomic mass is 10.1. The Morgan fingerprint density at radius 2 is 2.25 bits per heavy atom. The summed E-state index contributed by atoms with van der Waals surface area (Å²) in [5.74, 6) is -0.406. The van der Waals surface area contributed by atoms with Crippen molar-refractivity contribution in [2.24, 2.45) is 11.5 Å². The topological polar surface area (TPSA) is 72.4 Å². The molecule has 0 spiro atoms. The van der Waals surface area contributed by atoms with Crippen LogP contribution in [0.2, 0.25) is 0 Å². The summed E-state index contributed by atoms with van der Waals surface area (Å²) >= 11 is 3.33. The van der Waals surface area contributed by atoms with Crippen LogP contribution in [0.25, 0.3) is 0 Å². The molecule has 0 aromatic heterocycles. The van der Waals surface area contributed by atoms with Gasteiger partial charge in [0.1, 0.15) is 0 Å². The maximum Gasteiger partial charge on any atom is 0.250 e. The van der Waals surface area contributed by atoms with E-state index in [-0.39, 0.29) is 6.04 Å². The predicted molar refractivity (Wildman–Crippen MR) is 67.5 cm³/mol. The van der Waals surface area contributed by atoms with E-state index in [9.17, 15) is 4.79 Å². The van der Waals surface area contributed by atoms with E-state index in [0.29, 0.717) is 5.56 Å². The average molecular weight is 284 g/mol. The molecule has 1 aliphatic heterocycles. The molecule has 4 nitrogen and oxygen atoms in total. The minimum absolute atomic E-state index is 0.185. The molecule has 16 heavy (non-hydrogen) atoms. The zero-order valence-electron chi connectivity index (χ0n) is 8.82. The van der Waals surface area contributed by atoms with Crippen LogP contribution in [-0.4, -0.2) is 25.0 Å². The highest BCUT2D eigenvalue weighted by atomic mass is 79.9. The van der Waals surface area contributed by atoms with Crippen LogP contribution in [0.5, 0.6) is 0 Å². The largest absolute Gasteiger partial charge is 0.369 e. The lowest BCUT2D eigenvalue weighted by Crippen LogP contribution is -2.28. The molecular weight excluding hydrogens is 270 g/mol. The van der Waals surface area contributed by atoms with Crippen molar-refractivity contribution in [3.8, 4) is 0 Å². The summed E-state index contributed by atoms with van der Waals surface area (Å²) in [5.41, 5.74) is 12.6. The van der Waals surface area contributed by atoms with Crippen LogP contribution in [0, 0.1) is 0 Å². The normalized spacial score (nSPS) is 20.1. The van der Waals surface area contributed by atoms with Crippen molar-refractivity contribution in [3.05, 3.63) is 28.2 Å². The van der Waals surface area contributed by atoms with E-state index in [1.807, 2.05) is 12.1 Å². The minimum atomic E-state index is -0.406. The van der Waals surface area contributed by atoms with E-state index in [0.717, 1.165) is 29.7 Å². The van der Waals surface area contributed by atoms with Gasteiger partial charge in [-0.3, -0.25) is 4.79 Å². The van der Waals surface area contributed by atoms with E-state index in [1.165, 1.54) is 0 Å². The molecule has 4 N–H and O–H groups in total. The van der Waals surface area contributed by atoms with Crippen LogP contribution in [0.1, 0.15) is 16.8 Å². The molecule has 5 heteroatoms. The van der Waals surface area contributed by atoms with Gasteiger partial charge in [-0.1, -0.05) is 15.9 Å². The minimum Gasteiger partial charge on any atom is -0.369 e. The number of hydrogen-bond donors (Lipinski definition) is 2. The maximum atomic E-state index is 11.4. The van der Waals surface area contributed by atoms with Gasteiger partial charge >= 0.3 is 0 Å². The fraction of sp³-hybridized carbons (Fsp3) is 0.364. The first kappa shape index (κ1) is 11.4. The van der Waals surface area contributed by atoms with Gasteiger partial charge in [-0.25, -0.2) is 0 Å². The molecule has 1 amide bonds. The lowest BCUT2D eigenvalue weighted by Gasteiger charge is -2.20. The van der Waals surface area contributed by atoms with Gasteiger partial charge in [0.15, 0.2) is 0 Å². The Morgan fingerprint density at radius 3 is 2.81 bits per heavy atom. The van der Waals surface area contributed by atoms with Crippen LogP contribution in [-0.2, 0) is 0 Å². The summed E-state index contributed by atoms with van der Waals surface area (Å²) in [7, 11) is 0. The van der Waals surface area contributed by atoms with E-state index in [4.69, 9.17) is 11.5 Å². The number of amides is 1. The quantitative estimate of drug-likeness (QED) is 0.853. The Kier molecular flexibility index (Phi) is 3.16. The first-order valence-corrected chi connectivity index (χ1v) is 5.97. The zero-order chi connectivity index (χ0) is 11.7. The van der Waals surface area contributed by atoms with Crippen LogP contribution in [0.15, 0.2) is 22.7 Å². The molecular formula is C11H14BrN3O. The lowest BCUT2D eigenvalue weighted by molar-refractivity contribution is 0.100. The number of halogens is 1. The summed E-state index contributed by atoms with van der Waals surface area (Å²) in [6.07, 6.45) is 0.953. The number of nitrogens with zero attached hydrogens (tertiary/aromatic N) is 1. The van der Waals surface area contributed by atoms with E-state index < -0.39 is 5.91 Å². The van der Waals surface area contributed by atoms with Crippen molar-refractivity contribution >= 4 is 27.5 Å². The molecule has 0 aliphatic carbocycles. The number of hydrogen-bond acceptors (Lipinski definition) is 3. The standard InChI is InChI=1S/C11H14BrN3O/c12-7-1-2-10(9(5-7)11(14)16)15-4-3-8(13)6-15/h1-2,5,8H,3-4,6,13H2,(H2,14,16)/t8-/m0/s1. The number of carbonyl (C=O) groups excluding carboxylic acids is 1. The second-order valence-corrected chi connectivity index (χ2v) is 4.94. The summed E-state index contributed by atoms with van der Waals surface area (Å²) in [5, 5.41) is 0. The SMILES string of the molecule is NC(=O)c1cc(Br)ccc1N1CC[C@H](N)C1. The molecule has 1 heterocycles. The summed E-state index contributed by atoms with van der Waals surface area (Å²) in [6, 6.07) is 5.75. The summed E-state index contributed by atoms with van der Waals surface area (Å²) in [6.45, 7) is 1.66. The Morgan fingerprint density at radius 1 is 1.50 bits per heavy atom. The monoisotopic (exact) mass is 283 g/mol. The highest BCUT2D eigenvalue weighted by Crippen LogP contribution is 2.26. The van der Waals surface area contributed by atoms with Crippen LogP contribution < -0.4 is 16.4 Å². The molecule has 1 fully saturated rings. The first-order valence-electron chi connectivity index (χ1n) is 5.18. The van der Waals surface area contributed by atoms with E-state index in [1.54, 1.807) is 6.07 Å². The van der Waals surface area contributed by atoms with Crippen LogP contribution >= 0.6 is 15.9 Å². The number of carbonyl (C=O) groups is 1. The van der Waals surface area contributed by atoms with Gasteiger partial charge in [0, 0.05) is 29.3 Å². The number of nitrogens with two attached hydrogens (primary N) is 2. The average Bonchev–Trinajstić information content (AvgIpc) is 2.64. The molecule has 0 bridgehead atoms. The first-order chi connectivity index (χ1) is 7.58. The second kappa shape index (κ2) is 4.43. The Labute approximate surface area is 103 Å². The zero-order valence-corrected chi connectivity index (χ0v) is 10.4. The van der Waals surface area contributed by atoms with Gasteiger partial charge < -0.3 is 16.4 Å². The van der Waals surface area contributed by atoms with Gasteiger partial charge in [-0.2, -0.15) is 0 Å². The molecule has 1 aliphatic rings. The van der Waals surface area contributed by atoms with E-state index in [2.05, 4.69) is 20.8 Å². The Bertz CT molecular complexity index is 422. The predicted octanol–water partition coefficient (Wildman–Crippen LogP) is 1.09. The van der Waals surface area contributed by atoms with Crippen molar-refractivity contribution < 1.29 is 4.79 Å². The molecule has 86 valence electrons. The molecule has 0 radical (unpaired) electrons. The van der Waals surface area contributed by atoms with Crippen LogP contribution in [0.4, 0.5) is 5.69 Å². The Balaban J connectivity index is 2.36. The fourth-order valence-electron chi connectivity index (χ4n) is 1.99. The molecule has 1 aromatic rings. The summed E-state index contributed by atoms with van der Waals surface area (Å²) in [4.78, 5) is 13.5. The van der Waals surface area contributed by atoms with Crippen molar-refractivity contribution in [2.75, 3.05) is 18.0 Å². The van der Waals surface area contributed by atoms with Crippen LogP contribution in [0.3, 0.4) is 0 Å². The molecule has 1 atom stereocenters.